The second-order valence-corrected chi connectivity index (χ2v) is 8.49. The Morgan fingerprint density at radius 3 is 2.29 bits per heavy atom. The SMILES string of the molecule is CC1(C)C(CNS(=O)(=O)c2cc(F)ccc2CO)C1(C)C. The molecule has 0 radical (unpaired) electrons. The summed E-state index contributed by atoms with van der Waals surface area (Å²) in [5, 5.41) is 9.21. The van der Waals surface area contributed by atoms with Crippen LogP contribution in [0.15, 0.2) is 23.1 Å². The van der Waals surface area contributed by atoms with Gasteiger partial charge in [0.05, 0.1) is 11.5 Å². The van der Waals surface area contributed by atoms with Crippen LogP contribution in [0.3, 0.4) is 0 Å². The molecule has 0 spiro atoms. The van der Waals surface area contributed by atoms with Gasteiger partial charge in [-0.3, -0.25) is 0 Å². The van der Waals surface area contributed by atoms with E-state index < -0.39 is 22.4 Å². The van der Waals surface area contributed by atoms with Crippen molar-refractivity contribution in [2.24, 2.45) is 16.7 Å². The maximum atomic E-state index is 13.3. The highest BCUT2D eigenvalue weighted by Crippen LogP contribution is 2.67. The second-order valence-electron chi connectivity index (χ2n) is 6.76. The Bertz CT molecular complexity index is 639. The van der Waals surface area contributed by atoms with Crippen molar-refractivity contribution in [3.05, 3.63) is 29.6 Å². The van der Waals surface area contributed by atoms with E-state index in [0.29, 0.717) is 6.54 Å². The minimum atomic E-state index is -3.83. The zero-order valence-electron chi connectivity index (χ0n) is 12.8. The fourth-order valence-corrected chi connectivity index (χ4v) is 4.31. The number of sulfonamides is 1. The lowest BCUT2D eigenvalue weighted by molar-refractivity contribution is 0.278. The molecule has 0 saturated heterocycles. The first-order valence-electron chi connectivity index (χ1n) is 6.93. The van der Waals surface area contributed by atoms with Crippen LogP contribution in [0.4, 0.5) is 4.39 Å². The third-order valence-electron chi connectivity index (χ3n) is 5.29. The molecule has 0 bridgehead atoms. The number of halogens is 1. The van der Waals surface area contributed by atoms with Crippen LogP contribution in [0.25, 0.3) is 0 Å². The molecule has 118 valence electrons. The first kappa shape index (κ1) is 16.4. The molecule has 1 fully saturated rings. The van der Waals surface area contributed by atoms with E-state index in [1.165, 1.54) is 6.07 Å². The van der Waals surface area contributed by atoms with Gasteiger partial charge in [0.15, 0.2) is 0 Å². The molecule has 2 N–H and O–H groups in total. The maximum Gasteiger partial charge on any atom is 0.241 e. The van der Waals surface area contributed by atoms with Crippen LogP contribution in [-0.4, -0.2) is 20.1 Å². The Labute approximate surface area is 125 Å². The molecule has 0 aliphatic heterocycles. The molecule has 4 nitrogen and oxygen atoms in total. The van der Waals surface area contributed by atoms with Crippen molar-refractivity contribution in [2.75, 3.05) is 6.54 Å². The summed E-state index contributed by atoms with van der Waals surface area (Å²) >= 11 is 0. The standard InChI is InChI=1S/C15H22FNO3S/c1-14(2)13(15(14,3)4)8-17-21(19,20)12-7-11(16)6-5-10(12)9-18/h5-7,13,17-18H,8-9H2,1-4H3. The van der Waals surface area contributed by atoms with E-state index in [0.717, 1.165) is 12.1 Å². The minimum absolute atomic E-state index is 0.0667. The first-order chi connectivity index (χ1) is 9.54. The van der Waals surface area contributed by atoms with Gasteiger partial charge in [-0.05, 0) is 34.4 Å². The number of nitrogens with one attached hydrogen (secondary N) is 1. The van der Waals surface area contributed by atoms with Crippen LogP contribution >= 0.6 is 0 Å². The zero-order valence-corrected chi connectivity index (χ0v) is 13.6. The molecule has 0 aromatic heterocycles. The summed E-state index contributed by atoms with van der Waals surface area (Å²) < 4.78 is 40.5. The van der Waals surface area contributed by atoms with Gasteiger partial charge in [-0.2, -0.15) is 0 Å². The Kier molecular flexibility index (Phi) is 3.93. The number of rotatable bonds is 5. The number of aliphatic hydroxyl groups is 1. The lowest BCUT2D eigenvalue weighted by atomic mass is 10.0. The van der Waals surface area contributed by atoms with Gasteiger partial charge in [0.25, 0.3) is 0 Å². The summed E-state index contributed by atoms with van der Waals surface area (Å²) in [7, 11) is -3.83. The highest BCUT2D eigenvalue weighted by Gasteiger charge is 2.64. The molecular formula is C15H22FNO3S. The quantitative estimate of drug-likeness (QED) is 0.876. The van der Waals surface area contributed by atoms with E-state index in [4.69, 9.17) is 0 Å². The first-order valence-corrected chi connectivity index (χ1v) is 8.41. The van der Waals surface area contributed by atoms with Crippen molar-refractivity contribution >= 4 is 10.0 Å². The topological polar surface area (TPSA) is 66.4 Å². The molecule has 0 heterocycles. The second kappa shape index (κ2) is 5.04. The van der Waals surface area contributed by atoms with E-state index in [1.54, 1.807) is 0 Å². The van der Waals surface area contributed by atoms with Crippen LogP contribution < -0.4 is 4.72 Å². The summed E-state index contributed by atoms with van der Waals surface area (Å²) in [6.45, 7) is 8.28. The monoisotopic (exact) mass is 315 g/mol. The largest absolute Gasteiger partial charge is 0.392 e. The molecule has 6 heteroatoms. The van der Waals surface area contributed by atoms with Crippen molar-refractivity contribution < 1.29 is 17.9 Å². The minimum Gasteiger partial charge on any atom is -0.392 e. The van der Waals surface area contributed by atoms with Gasteiger partial charge < -0.3 is 5.11 Å². The molecule has 1 saturated carbocycles. The third-order valence-corrected chi connectivity index (χ3v) is 6.79. The van der Waals surface area contributed by atoms with Gasteiger partial charge in [0.2, 0.25) is 10.0 Å². The molecule has 2 rings (SSSR count). The van der Waals surface area contributed by atoms with Crippen molar-refractivity contribution in [1.29, 1.82) is 0 Å². The normalized spacial score (nSPS) is 20.5. The van der Waals surface area contributed by atoms with Crippen molar-refractivity contribution in [1.82, 2.24) is 4.72 Å². The summed E-state index contributed by atoms with van der Waals surface area (Å²) in [6.07, 6.45) is 0. The van der Waals surface area contributed by atoms with E-state index in [9.17, 15) is 17.9 Å². The van der Waals surface area contributed by atoms with Crippen molar-refractivity contribution in [3.8, 4) is 0 Å². The van der Waals surface area contributed by atoms with Crippen molar-refractivity contribution in [2.45, 2.75) is 39.2 Å². The van der Waals surface area contributed by atoms with E-state index in [2.05, 4.69) is 32.4 Å². The third kappa shape index (κ3) is 2.72. The van der Waals surface area contributed by atoms with Gasteiger partial charge in [-0.1, -0.05) is 33.8 Å². The molecule has 21 heavy (non-hydrogen) atoms. The molecule has 1 aliphatic carbocycles. The van der Waals surface area contributed by atoms with Crippen LogP contribution in [0.2, 0.25) is 0 Å². The predicted octanol–water partition coefficient (Wildman–Crippen LogP) is 2.28. The number of aliphatic hydroxyl groups excluding tert-OH is 1. The number of hydrogen-bond acceptors (Lipinski definition) is 3. The number of hydrogen-bond donors (Lipinski definition) is 2. The summed E-state index contributed by atoms with van der Waals surface area (Å²) in [5.41, 5.74) is 0.326. The molecular weight excluding hydrogens is 293 g/mol. The molecule has 1 aromatic rings. The lowest BCUT2D eigenvalue weighted by Gasteiger charge is -2.11. The van der Waals surface area contributed by atoms with E-state index in [-0.39, 0.29) is 27.2 Å². The number of benzene rings is 1. The fourth-order valence-electron chi connectivity index (χ4n) is 3.02. The van der Waals surface area contributed by atoms with Gasteiger partial charge in [-0.15, -0.1) is 0 Å². The molecule has 1 aromatic carbocycles. The average molecular weight is 315 g/mol. The van der Waals surface area contributed by atoms with Gasteiger partial charge in [-0.25, -0.2) is 17.5 Å². The summed E-state index contributed by atoms with van der Waals surface area (Å²) in [6, 6.07) is 3.36. The summed E-state index contributed by atoms with van der Waals surface area (Å²) in [5.74, 6) is -0.412. The maximum absolute atomic E-state index is 13.3. The Hall–Kier alpha value is -0.980. The van der Waals surface area contributed by atoms with Gasteiger partial charge >= 0.3 is 0 Å². The molecule has 1 aliphatic rings. The Morgan fingerprint density at radius 1 is 1.24 bits per heavy atom. The van der Waals surface area contributed by atoms with Crippen LogP contribution in [-0.2, 0) is 16.6 Å². The highest BCUT2D eigenvalue weighted by molar-refractivity contribution is 7.89. The Morgan fingerprint density at radius 2 is 1.81 bits per heavy atom. The van der Waals surface area contributed by atoms with Gasteiger partial charge in [0.1, 0.15) is 5.82 Å². The highest BCUT2D eigenvalue weighted by atomic mass is 32.2. The van der Waals surface area contributed by atoms with Gasteiger partial charge in [0, 0.05) is 6.54 Å². The fraction of sp³-hybridized carbons (Fsp3) is 0.600. The van der Waals surface area contributed by atoms with Crippen molar-refractivity contribution in [3.63, 3.8) is 0 Å². The average Bonchev–Trinajstić information content (AvgIpc) is 2.77. The summed E-state index contributed by atoms with van der Waals surface area (Å²) in [4.78, 5) is -0.193. The molecule has 0 amide bonds. The van der Waals surface area contributed by atoms with Crippen LogP contribution in [0.5, 0.6) is 0 Å². The zero-order chi connectivity index (χ0) is 16.1. The van der Waals surface area contributed by atoms with E-state index in [1.807, 2.05) is 0 Å². The molecule has 0 unspecified atom stereocenters. The van der Waals surface area contributed by atoms with Crippen LogP contribution in [0, 0.1) is 22.6 Å². The Balaban J connectivity index is 2.19. The molecule has 0 atom stereocenters. The van der Waals surface area contributed by atoms with Crippen LogP contribution in [0.1, 0.15) is 33.3 Å². The lowest BCUT2D eigenvalue weighted by Crippen LogP contribution is -2.28. The predicted molar refractivity (Wildman–Crippen MR) is 78.6 cm³/mol. The smallest absolute Gasteiger partial charge is 0.241 e. The van der Waals surface area contributed by atoms with E-state index >= 15 is 0 Å².